The molecule has 3 unspecified atom stereocenters. The standard InChI is InChI=1S/C10H16N2O6/c1-6(18-8(5-14)7(15)4-13)12-3-2-9(16)11-10(12)17/h2-3,6-8,13-15H,4-5H2,1H3,(H,11,16,17). The molecule has 18 heavy (non-hydrogen) atoms. The van der Waals surface area contributed by atoms with E-state index in [2.05, 4.69) is 4.98 Å². The summed E-state index contributed by atoms with van der Waals surface area (Å²) in [5.74, 6) is 0. The van der Waals surface area contributed by atoms with E-state index in [9.17, 15) is 14.7 Å². The fraction of sp³-hybridized carbons (Fsp3) is 0.600. The first-order valence-electron chi connectivity index (χ1n) is 5.36. The van der Waals surface area contributed by atoms with Gasteiger partial charge in [0, 0.05) is 12.3 Å². The lowest BCUT2D eigenvalue weighted by molar-refractivity contribution is -0.127. The van der Waals surface area contributed by atoms with Crippen molar-refractivity contribution in [3.63, 3.8) is 0 Å². The quantitative estimate of drug-likeness (QED) is 0.459. The van der Waals surface area contributed by atoms with Crippen molar-refractivity contribution in [3.8, 4) is 0 Å². The van der Waals surface area contributed by atoms with Crippen LogP contribution in [0.3, 0.4) is 0 Å². The molecule has 1 aromatic heterocycles. The lowest BCUT2D eigenvalue weighted by atomic mass is 10.2. The van der Waals surface area contributed by atoms with Gasteiger partial charge in [-0.25, -0.2) is 4.79 Å². The molecule has 0 saturated carbocycles. The Morgan fingerprint density at radius 1 is 1.39 bits per heavy atom. The van der Waals surface area contributed by atoms with Crippen molar-refractivity contribution in [2.45, 2.75) is 25.4 Å². The van der Waals surface area contributed by atoms with E-state index in [-0.39, 0.29) is 0 Å². The number of aromatic nitrogens is 2. The zero-order valence-corrected chi connectivity index (χ0v) is 9.81. The first-order valence-corrected chi connectivity index (χ1v) is 5.36. The molecule has 3 atom stereocenters. The molecule has 0 aliphatic heterocycles. The minimum Gasteiger partial charge on any atom is -0.394 e. The first-order chi connectivity index (χ1) is 8.49. The number of hydrogen-bond acceptors (Lipinski definition) is 6. The average molecular weight is 260 g/mol. The third kappa shape index (κ3) is 3.50. The average Bonchev–Trinajstić information content (AvgIpc) is 2.34. The number of aliphatic hydroxyl groups is 3. The minimum atomic E-state index is -1.25. The molecule has 0 radical (unpaired) electrons. The largest absolute Gasteiger partial charge is 0.394 e. The number of aromatic amines is 1. The van der Waals surface area contributed by atoms with Crippen LogP contribution in [-0.2, 0) is 4.74 Å². The predicted octanol–water partition coefficient (Wildman–Crippen LogP) is -2.21. The van der Waals surface area contributed by atoms with Crippen molar-refractivity contribution in [2.24, 2.45) is 0 Å². The van der Waals surface area contributed by atoms with E-state index in [1.54, 1.807) is 0 Å². The highest BCUT2D eigenvalue weighted by atomic mass is 16.5. The number of hydrogen-bond donors (Lipinski definition) is 4. The Balaban J connectivity index is 2.84. The number of nitrogens with zero attached hydrogens (tertiary/aromatic N) is 1. The van der Waals surface area contributed by atoms with Gasteiger partial charge >= 0.3 is 5.69 Å². The summed E-state index contributed by atoms with van der Waals surface area (Å²) >= 11 is 0. The molecule has 1 rings (SSSR count). The normalized spacial score (nSPS) is 16.2. The number of H-pyrrole nitrogens is 1. The van der Waals surface area contributed by atoms with Gasteiger partial charge in [-0.2, -0.15) is 0 Å². The fourth-order valence-corrected chi connectivity index (χ4v) is 1.41. The lowest BCUT2D eigenvalue weighted by Gasteiger charge is -2.24. The second-order valence-electron chi connectivity index (χ2n) is 3.72. The molecule has 0 bridgehead atoms. The van der Waals surface area contributed by atoms with Gasteiger partial charge in [0.05, 0.1) is 13.2 Å². The third-order valence-corrected chi connectivity index (χ3v) is 2.41. The van der Waals surface area contributed by atoms with Gasteiger partial charge < -0.3 is 20.1 Å². The topological polar surface area (TPSA) is 125 Å². The van der Waals surface area contributed by atoms with Crippen LogP contribution in [0, 0.1) is 0 Å². The molecule has 0 aliphatic carbocycles. The summed E-state index contributed by atoms with van der Waals surface area (Å²) in [7, 11) is 0. The van der Waals surface area contributed by atoms with Gasteiger partial charge in [-0.3, -0.25) is 14.3 Å². The van der Waals surface area contributed by atoms with Crippen LogP contribution in [0.1, 0.15) is 13.2 Å². The molecule has 0 saturated heterocycles. The molecule has 1 heterocycles. The maximum absolute atomic E-state index is 11.4. The lowest BCUT2D eigenvalue weighted by Crippen LogP contribution is -2.39. The van der Waals surface area contributed by atoms with Crippen LogP contribution in [0.2, 0.25) is 0 Å². The number of ether oxygens (including phenoxy) is 1. The Morgan fingerprint density at radius 3 is 2.56 bits per heavy atom. The van der Waals surface area contributed by atoms with Crippen molar-refractivity contribution in [1.29, 1.82) is 0 Å². The minimum absolute atomic E-state index is 0.510. The van der Waals surface area contributed by atoms with E-state index >= 15 is 0 Å². The Kier molecular flexibility index (Phi) is 5.23. The molecule has 0 spiro atoms. The summed E-state index contributed by atoms with van der Waals surface area (Å²) < 4.78 is 6.33. The molecule has 102 valence electrons. The number of nitrogens with one attached hydrogen (secondary N) is 1. The van der Waals surface area contributed by atoms with E-state index in [0.29, 0.717) is 0 Å². The summed E-state index contributed by atoms with van der Waals surface area (Å²) in [6.07, 6.45) is -1.85. The summed E-state index contributed by atoms with van der Waals surface area (Å²) in [5, 5.41) is 27.1. The van der Waals surface area contributed by atoms with Crippen LogP contribution in [-0.4, -0.2) is 50.3 Å². The van der Waals surface area contributed by atoms with Crippen LogP contribution in [0.15, 0.2) is 21.9 Å². The van der Waals surface area contributed by atoms with E-state index in [4.69, 9.17) is 14.9 Å². The number of aliphatic hydroxyl groups excluding tert-OH is 3. The van der Waals surface area contributed by atoms with Crippen molar-refractivity contribution in [1.82, 2.24) is 9.55 Å². The van der Waals surface area contributed by atoms with E-state index in [0.717, 1.165) is 10.6 Å². The Hall–Kier alpha value is -1.48. The van der Waals surface area contributed by atoms with Gasteiger partial charge in [0.2, 0.25) is 0 Å². The molecular weight excluding hydrogens is 244 g/mol. The highest BCUT2D eigenvalue weighted by Gasteiger charge is 2.21. The van der Waals surface area contributed by atoms with Gasteiger partial charge in [-0.1, -0.05) is 0 Å². The Bertz CT molecular complexity index is 482. The smallest absolute Gasteiger partial charge is 0.330 e. The SMILES string of the molecule is CC(OC(CO)C(O)CO)n1ccc(=O)[nH]c1=O. The van der Waals surface area contributed by atoms with Crippen molar-refractivity contribution in [3.05, 3.63) is 33.1 Å². The molecule has 0 aliphatic rings. The maximum Gasteiger partial charge on any atom is 0.330 e. The molecular formula is C10H16N2O6. The van der Waals surface area contributed by atoms with E-state index in [1.165, 1.54) is 13.1 Å². The van der Waals surface area contributed by atoms with Crippen LogP contribution < -0.4 is 11.2 Å². The molecule has 0 fully saturated rings. The summed E-state index contributed by atoms with van der Waals surface area (Å²) in [6, 6.07) is 1.15. The van der Waals surface area contributed by atoms with Crippen LogP contribution >= 0.6 is 0 Å². The zero-order valence-electron chi connectivity index (χ0n) is 9.81. The van der Waals surface area contributed by atoms with E-state index in [1.807, 2.05) is 0 Å². The molecule has 8 heteroatoms. The molecule has 0 amide bonds. The highest BCUT2D eigenvalue weighted by molar-refractivity contribution is 4.83. The first kappa shape index (κ1) is 14.6. The molecule has 8 nitrogen and oxygen atoms in total. The van der Waals surface area contributed by atoms with Crippen molar-refractivity contribution >= 4 is 0 Å². The van der Waals surface area contributed by atoms with Gasteiger partial charge in [0.25, 0.3) is 5.56 Å². The number of rotatable bonds is 6. The maximum atomic E-state index is 11.4. The van der Waals surface area contributed by atoms with Crippen LogP contribution in [0.5, 0.6) is 0 Å². The third-order valence-electron chi connectivity index (χ3n) is 2.41. The Labute approximate surface area is 102 Å². The molecule has 0 aromatic carbocycles. The van der Waals surface area contributed by atoms with Gasteiger partial charge in [0.15, 0.2) is 0 Å². The summed E-state index contributed by atoms with van der Waals surface area (Å²) in [4.78, 5) is 24.4. The second kappa shape index (κ2) is 6.45. The Morgan fingerprint density at radius 2 is 2.06 bits per heavy atom. The highest BCUT2D eigenvalue weighted by Crippen LogP contribution is 2.10. The van der Waals surface area contributed by atoms with E-state index < -0.39 is 42.9 Å². The van der Waals surface area contributed by atoms with Gasteiger partial charge in [0.1, 0.15) is 18.4 Å². The van der Waals surface area contributed by atoms with Crippen molar-refractivity contribution in [2.75, 3.05) is 13.2 Å². The predicted molar refractivity (Wildman–Crippen MR) is 61.1 cm³/mol. The molecule has 4 N–H and O–H groups in total. The monoisotopic (exact) mass is 260 g/mol. The van der Waals surface area contributed by atoms with Gasteiger partial charge in [-0.05, 0) is 6.92 Å². The van der Waals surface area contributed by atoms with Gasteiger partial charge in [-0.15, -0.1) is 0 Å². The summed E-state index contributed by atoms with van der Waals surface area (Å²) in [6.45, 7) is 0.426. The zero-order chi connectivity index (χ0) is 13.7. The fourth-order valence-electron chi connectivity index (χ4n) is 1.41. The second-order valence-corrected chi connectivity index (χ2v) is 3.72. The summed E-state index contributed by atoms with van der Waals surface area (Å²) in [5.41, 5.74) is -1.19. The molecule has 1 aromatic rings. The van der Waals surface area contributed by atoms with Crippen molar-refractivity contribution < 1.29 is 20.1 Å². The van der Waals surface area contributed by atoms with Crippen LogP contribution in [0.25, 0.3) is 0 Å². The van der Waals surface area contributed by atoms with Crippen LogP contribution in [0.4, 0.5) is 0 Å².